The van der Waals surface area contributed by atoms with Crippen LogP contribution in [0.2, 0.25) is 0 Å². The first-order chi connectivity index (χ1) is 10.6. The van der Waals surface area contributed by atoms with Crippen LogP contribution in [0.15, 0.2) is 24.3 Å². The SMILES string of the molecule is CC(C(=O)Nc1cccc(F)c1)N1CCC2(CC1)OCCO2. The van der Waals surface area contributed by atoms with Crippen LogP contribution in [-0.2, 0) is 14.3 Å². The Hall–Kier alpha value is -1.50. The molecule has 6 heteroatoms. The summed E-state index contributed by atoms with van der Waals surface area (Å²) in [6, 6.07) is 5.65. The molecule has 1 amide bonds. The van der Waals surface area contributed by atoms with E-state index < -0.39 is 5.79 Å². The lowest BCUT2D eigenvalue weighted by atomic mass is 10.0. The minimum atomic E-state index is -0.435. The Kier molecular flexibility index (Phi) is 4.42. The number of rotatable bonds is 3. The van der Waals surface area contributed by atoms with Gasteiger partial charge in [-0.25, -0.2) is 4.39 Å². The van der Waals surface area contributed by atoms with E-state index in [4.69, 9.17) is 9.47 Å². The van der Waals surface area contributed by atoms with Crippen LogP contribution >= 0.6 is 0 Å². The molecule has 5 nitrogen and oxygen atoms in total. The second-order valence-electron chi connectivity index (χ2n) is 5.82. The first-order valence-corrected chi connectivity index (χ1v) is 7.66. The molecule has 1 spiro atoms. The Labute approximate surface area is 129 Å². The van der Waals surface area contributed by atoms with Crippen LogP contribution in [-0.4, -0.2) is 48.9 Å². The van der Waals surface area contributed by atoms with Crippen molar-refractivity contribution in [1.29, 1.82) is 0 Å². The molecule has 1 unspecified atom stereocenters. The summed E-state index contributed by atoms with van der Waals surface area (Å²) in [4.78, 5) is 14.4. The fraction of sp³-hybridized carbons (Fsp3) is 0.562. The van der Waals surface area contributed by atoms with E-state index in [1.165, 1.54) is 12.1 Å². The monoisotopic (exact) mass is 308 g/mol. The Morgan fingerprint density at radius 1 is 1.32 bits per heavy atom. The number of likely N-dealkylation sites (tertiary alicyclic amines) is 1. The second kappa shape index (κ2) is 6.32. The number of piperidine rings is 1. The summed E-state index contributed by atoms with van der Waals surface area (Å²) in [6.45, 7) is 4.66. The number of carbonyl (C=O) groups is 1. The van der Waals surface area contributed by atoms with Gasteiger partial charge < -0.3 is 14.8 Å². The van der Waals surface area contributed by atoms with E-state index >= 15 is 0 Å². The summed E-state index contributed by atoms with van der Waals surface area (Å²) in [6.07, 6.45) is 1.54. The maximum atomic E-state index is 13.2. The van der Waals surface area contributed by atoms with Crippen LogP contribution in [0.1, 0.15) is 19.8 Å². The van der Waals surface area contributed by atoms with Crippen molar-refractivity contribution in [2.45, 2.75) is 31.6 Å². The molecule has 1 atom stereocenters. The third-order valence-electron chi connectivity index (χ3n) is 4.39. The summed E-state index contributed by atoms with van der Waals surface area (Å²) >= 11 is 0. The Bertz CT molecular complexity index is 536. The molecule has 3 rings (SSSR count). The molecular formula is C16H21FN2O3. The van der Waals surface area contributed by atoms with Crippen LogP contribution in [0.25, 0.3) is 0 Å². The van der Waals surface area contributed by atoms with Crippen LogP contribution < -0.4 is 5.32 Å². The van der Waals surface area contributed by atoms with E-state index in [9.17, 15) is 9.18 Å². The highest BCUT2D eigenvalue weighted by molar-refractivity contribution is 5.94. The van der Waals surface area contributed by atoms with Gasteiger partial charge in [-0.1, -0.05) is 6.07 Å². The van der Waals surface area contributed by atoms with Gasteiger partial charge in [0.1, 0.15) is 5.82 Å². The number of hydrogen-bond acceptors (Lipinski definition) is 4. The number of ether oxygens (including phenoxy) is 2. The van der Waals surface area contributed by atoms with E-state index in [1.54, 1.807) is 12.1 Å². The first-order valence-electron chi connectivity index (χ1n) is 7.66. The molecule has 2 aliphatic rings. The van der Waals surface area contributed by atoms with Gasteiger partial charge in [0.2, 0.25) is 5.91 Å². The van der Waals surface area contributed by atoms with Gasteiger partial charge >= 0.3 is 0 Å². The highest BCUT2D eigenvalue weighted by atomic mass is 19.1. The number of carbonyl (C=O) groups excluding carboxylic acids is 1. The maximum Gasteiger partial charge on any atom is 0.241 e. The average molecular weight is 308 g/mol. The molecule has 0 radical (unpaired) electrons. The molecule has 120 valence electrons. The topological polar surface area (TPSA) is 50.8 Å². The quantitative estimate of drug-likeness (QED) is 0.928. The number of benzene rings is 1. The van der Waals surface area contributed by atoms with E-state index in [0.717, 1.165) is 25.9 Å². The van der Waals surface area contributed by atoms with Gasteiger partial charge in [0.25, 0.3) is 0 Å². The normalized spacial score (nSPS) is 22.6. The minimum Gasteiger partial charge on any atom is -0.347 e. The third kappa shape index (κ3) is 3.29. The van der Waals surface area contributed by atoms with Crippen molar-refractivity contribution in [2.75, 3.05) is 31.6 Å². The molecule has 0 saturated carbocycles. The molecule has 2 aliphatic heterocycles. The predicted octanol–water partition coefficient (Wildman–Crippen LogP) is 1.99. The van der Waals surface area contributed by atoms with Crippen molar-refractivity contribution in [3.05, 3.63) is 30.1 Å². The fourth-order valence-electron chi connectivity index (χ4n) is 3.02. The van der Waals surface area contributed by atoms with E-state index in [2.05, 4.69) is 10.2 Å². The smallest absolute Gasteiger partial charge is 0.241 e. The lowest BCUT2D eigenvalue weighted by Crippen LogP contribution is -2.51. The molecular weight excluding hydrogens is 287 g/mol. The summed E-state index contributed by atoms with van der Waals surface area (Å²) < 4.78 is 24.5. The van der Waals surface area contributed by atoms with Crippen molar-refractivity contribution in [1.82, 2.24) is 4.90 Å². The number of nitrogens with one attached hydrogen (secondary N) is 1. The summed E-state index contributed by atoms with van der Waals surface area (Å²) in [7, 11) is 0. The number of nitrogens with zero attached hydrogens (tertiary/aromatic N) is 1. The number of hydrogen-bond donors (Lipinski definition) is 1. The molecule has 1 aromatic carbocycles. The van der Waals surface area contributed by atoms with Gasteiger partial charge in [-0.2, -0.15) is 0 Å². The third-order valence-corrected chi connectivity index (χ3v) is 4.39. The van der Waals surface area contributed by atoms with Gasteiger partial charge in [0.15, 0.2) is 5.79 Å². The molecule has 1 N–H and O–H groups in total. The molecule has 22 heavy (non-hydrogen) atoms. The highest BCUT2D eigenvalue weighted by Gasteiger charge is 2.41. The summed E-state index contributed by atoms with van der Waals surface area (Å²) in [5.41, 5.74) is 0.479. The highest BCUT2D eigenvalue weighted by Crippen LogP contribution is 2.31. The van der Waals surface area contributed by atoms with E-state index in [1.807, 2.05) is 6.92 Å². The Morgan fingerprint density at radius 3 is 2.64 bits per heavy atom. The first kappa shape index (κ1) is 15.4. The molecule has 0 aromatic heterocycles. The van der Waals surface area contributed by atoms with E-state index in [-0.39, 0.29) is 17.8 Å². The molecule has 2 fully saturated rings. The molecule has 0 bridgehead atoms. The van der Waals surface area contributed by atoms with Crippen LogP contribution in [0.3, 0.4) is 0 Å². The van der Waals surface area contributed by atoms with Gasteiger partial charge in [-0.05, 0) is 25.1 Å². The number of halogens is 1. The fourth-order valence-corrected chi connectivity index (χ4v) is 3.02. The van der Waals surface area contributed by atoms with Crippen LogP contribution in [0.4, 0.5) is 10.1 Å². The van der Waals surface area contributed by atoms with Gasteiger partial charge in [0, 0.05) is 31.6 Å². The number of anilines is 1. The van der Waals surface area contributed by atoms with Crippen molar-refractivity contribution in [2.24, 2.45) is 0 Å². The molecule has 2 heterocycles. The standard InChI is InChI=1S/C16H21FN2O3/c1-12(15(20)18-14-4-2-3-13(17)11-14)19-7-5-16(6-8-19)21-9-10-22-16/h2-4,11-12H,5-10H2,1H3,(H,18,20). The lowest BCUT2D eigenvalue weighted by molar-refractivity contribution is -0.187. The van der Waals surface area contributed by atoms with Gasteiger partial charge in [0.05, 0.1) is 19.3 Å². The predicted molar refractivity (Wildman–Crippen MR) is 79.9 cm³/mol. The molecule has 1 aromatic rings. The van der Waals surface area contributed by atoms with Crippen molar-refractivity contribution >= 4 is 11.6 Å². The lowest BCUT2D eigenvalue weighted by Gasteiger charge is -2.39. The van der Waals surface area contributed by atoms with E-state index in [0.29, 0.717) is 18.9 Å². The molecule has 0 aliphatic carbocycles. The Morgan fingerprint density at radius 2 is 2.00 bits per heavy atom. The second-order valence-corrected chi connectivity index (χ2v) is 5.82. The zero-order valence-electron chi connectivity index (χ0n) is 12.7. The maximum absolute atomic E-state index is 13.2. The van der Waals surface area contributed by atoms with Crippen LogP contribution in [0, 0.1) is 5.82 Å². The van der Waals surface area contributed by atoms with Crippen molar-refractivity contribution in [3.8, 4) is 0 Å². The Balaban J connectivity index is 1.55. The van der Waals surface area contributed by atoms with Crippen LogP contribution in [0.5, 0.6) is 0 Å². The van der Waals surface area contributed by atoms with Crippen molar-refractivity contribution in [3.63, 3.8) is 0 Å². The average Bonchev–Trinajstić information content (AvgIpc) is 2.95. The zero-order chi connectivity index (χ0) is 15.6. The van der Waals surface area contributed by atoms with Crippen molar-refractivity contribution < 1.29 is 18.7 Å². The summed E-state index contributed by atoms with van der Waals surface area (Å²) in [5.74, 6) is -0.925. The summed E-state index contributed by atoms with van der Waals surface area (Å²) in [5, 5.41) is 2.76. The largest absolute Gasteiger partial charge is 0.347 e. The van der Waals surface area contributed by atoms with Gasteiger partial charge in [-0.3, -0.25) is 9.69 Å². The zero-order valence-corrected chi connectivity index (χ0v) is 12.7. The molecule has 2 saturated heterocycles. The number of amides is 1. The van der Waals surface area contributed by atoms with Gasteiger partial charge in [-0.15, -0.1) is 0 Å². The minimum absolute atomic E-state index is 0.130.